The topological polar surface area (TPSA) is 30.0 Å². The van der Waals surface area contributed by atoms with Crippen molar-refractivity contribution >= 4 is 27.3 Å². The Labute approximate surface area is 107 Å². The molecule has 1 aromatic heterocycles. The van der Waals surface area contributed by atoms with Crippen LogP contribution in [0.3, 0.4) is 0 Å². The van der Waals surface area contributed by atoms with Gasteiger partial charge >= 0.3 is 0 Å². The molecule has 2 nitrogen and oxygen atoms in total. The highest BCUT2D eigenvalue weighted by molar-refractivity contribution is 7.20. The first-order valence-corrected chi connectivity index (χ1v) is 6.22. The Morgan fingerprint density at radius 3 is 2.56 bits per heavy atom. The minimum Gasteiger partial charge on any atom is -0.286 e. The normalized spacial score (nSPS) is 10.7. The molecular formula is C14H8FNOS. The van der Waals surface area contributed by atoms with E-state index in [1.807, 2.05) is 24.3 Å². The Morgan fingerprint density at radius 1 is 1.06 bits per heavy atom. The highest BCUT2D eigenvalue weighted by Crippen LogP contribution is 2.24. The molecule has 3 aromatic rings. The first-order chi connectivity index (χ1) is 8.75. The molecule has 4 heteroatoms. The molecule has 0 bridgehead atoms. The van der Waals surface area contributed by atoms with Gasteiger partial charge in [0.2, 0.25) is 5.78 Å². The number of rotatable bonds is 2. The van der Waals surface area contributed by atoms with Crippen molar-refractivity contribution in [3.8, 4) is 0 Å². The molecular weight excluding hydrogens is 249 g/mol. The Balaban J connectivity index is 2.10. The van der Waals surface area contributed by atoms with Gasteiger partial charge in [0.1, 0.15) is 5.82 Å². The monoisotopic (exact) mass is 257 g/mol. The third kappa shape index (κ3) is 1.80. The standard InChI is InChI=1S/C14H8FNOS/c15-10-6-2-1-5-9(10)13(17)14-16-11-7-3-4-8-12(11)18-14/h1-8H. The van der Waals surface area contributed by atoms with E-state index in [4.69, 9.17) is 0 Å². The zero-order valence-electron chi connectivity index (χ0n) is 9.26. The van der Waals surface area contributed by atoms with E-state index in [0.29, 0.717) is 5.01 Å². The van der Waals surface area contributed by atoms with Crippen LogP contribution in [0.25, 0.3) is 10.2 Å². The van der Waals surface area contributed by atoms with E-state index < -0.39 is 5.82 Å². The Kier molecular flexibility index (Phi) is 2.64. The first-order valence-electron chi connectivity index (χ1n) is 5.40. The average molecular weight is 257 g/mol. The molecule has 0 aliphatic heterocycles. The third-order valence-electron chi connectivity index (χ3n) is 2.61. The minimum atomic E-state index is -0.512. The lowest BCUT2D eigenvalue weighted by Crippen LogP contribution is -2.03. The fourth-order valence-corrected chi connectivity index (χ4v) is 2.65. The molecule has 88 valence electrons. The number of hydrogen-bond acceptors (Lipinski definition) is 3. The summed E-state index contributed by atoms with van der Waals surface area (Å²) in [5.74, 6) is -0.879. The van der Waals surface area contributed by atoms with E-state index in [0.717, 1.165) is 10.2 Å². The largest absolute Gasteiger partial charge is 0.286 e. The van der Waals surface area contributed by atoms with Gasteiger partial charge in [0.05, 0.1) is 15.8 Å². The van der Waals surface area contributed by atoms with E-state index in [1.165, 1.54) is 23.5 Å². The van der Waals surface area contributed by atoms with Crippen LogP contribution in [0.2, 0.25) is 0 Å². The fourth-order valence-electron chi connectivity index (χ4n) is 1.73. The van der Waals surface area contributed by atoms with Crippen LogP contribution >= 0.6 is 11.3 Å². The van der Waals surface area contributed by atoms with E-state index in [-0.39, 0.29) is 11.3 Å². The SMILES string of the molecule is O=C(c1nc2ccccc2s1)c1ccccc1F. The number of halogens is 1. The van der Waals surface area contributed by atoms with Gasteiger partial charge in [-0.15, -0.1) is 11.3 Å². The predicted octanol–water partition coefficient (Wildman–Crippen LogP) is 3.67. The van der Waals surface area contributed by atoms with Crippen molar-refractivity contribution in [2.24, 2.45) is 0 Å². The molecule has 18 heavy (non-hydrogen) atoms. The zero-order valence-corrected chi connectivity index (χ0v) is 10.1. The van der Waals surface area contributed by atoms with Gasteiger partial charge in [-0.3, -0.25) is 4.79 Å². The summed E-state index contributed by atoms with van der Waals surface area (Å²) in [5, 5.41) is 0.321. The van der Waals surface area contributed by atoms with Gasteiger partial charge in [-0.2, -0.15) is 0 Å². The van der Waals surface area contributed by atoms with E-state index in [1.54, 1.807) is 12.1 Å². The second-order valence-electron chi connectivity index (χ2n) is 3.80. The van der Waals surface area contributed by atoms with Crippen LogP contribution in [0.1, 0.15) is 15.4 Å². The van der Waals surface area contributed by atoms with Crippen LogP contribution < -0.4 is 0 Å². The van der Waals surface area contributed by atoms with Gasteiger partial charge in [0, 0.05) is 0 Å². The summed E-state index contributed by atoms with van der Waals surface area (Å²) in [6, 6.07) is 13.4. The van der Waals surface area contributed by atoms with Crippen molar-refractivity contribution in [2.45, 2.75) is 0 Å². The van der Waals surface area contributed by atoms with Crippen LogP contribution in [0.15, 0.2) is 48.5 Å². The van der Waals surface area contributed by atoms with Gasteiger partial charge in [-0.1, -0.05) is 24.3 Å². The summed E-state index contributed by atoms with van der Waals surface area (Å²) in [5.41, 5.74) is 0.832. The van der Waals surface area contributed by atoms with Crippen molar-refractivity contribution in [3.63, 3.8) is 0 Å². The quantitative estimate of drug-likeness (QED) is 0.656. The second-order valence-corrected chi connectivity index (χ2v) is 4.83. The predicted molar refractivity (Wildman–Crippen MR) is 69.5 cm³/mol. The molecule has 0 unspecified atom stereocenters. The number of aromatic nitrogens is 1. The van der Waals surface area contributed by atoms with Gasteiger partial charge < -0.3 is 0 Å². The maximum atomic E-state index is 13.5. The molecule has 0 spiro atoms. The third-order valence-corrected chi connectivity index (χ3v) is 3.64. The molecule has 0 saturated carbocycles. The highest BCUT2D eigenvalue weighted by atomic mass is 32.1. The first kappa shape index (κ1) is 11.0. The molecule has 0 radical (unpaired) electrons. The number of nitrogens with zero attached hydrogens (tertiary/aromatic N) is 1. The van der Waals surface area contributed by atoms with E-state index in [9.17, 15) is 9.18 Å². The van der Waals surface area contributed by atoms with Crippen LogP contribution in [0.4, 0.5) is 4.39 Å². The number of carbonyl (C=O) groups excluding carboxylic acids is 1. The van der Waals surface area contributed by atoms with Crippen molar-refractivity contribution in [3.05, 3.63) is 64.9 Å². The summed E-state index contributed by atoms with van der Waals surface area (Å²) in [7, 11) is 0. The van der Waals surface area contributed by atoms with Crippen LogP contribution in [-0.4, -0.2) is 10.8 Å². The maximum Gasteiger partial charge on any atom is 0.224 e. The summed E-state index contributed by atoms with van der Waals surface area (Å²) in [4.78, 5) is 16.4. The summed E-state index contributed by atoms with van der Waals surface area (Å²) < 4.78 is 14.5. The summed E-state index contributed by atoms with van der Waals surface area (Å²) >= 11 is 1.28. The van der Waals surface area contributed by atoms with Crippen molar-refractivity contribution < 1.29 is 9.18 Å². The van der Waals surface area contributed by atoms with Crippen LogP contribution in [0, 0.1) is 5.82 Å². The number of fused-ring (bicyclic) bond motifs is 1. The fraction of sp³-hybridized carbons (Fsp3) is 0. The molecule has 0 aliphatic rings. The van der Waals surface area contributed by atoms with Gasteiger partial charge in [-0.25, -0.2) is 9.37 Å². The number of ketones is 1. The maximum absolute atomic E-state index is 13.5. The van der Waals surface area contributed by atoms with E-state index >= 15 is 0 Å². The van der Waals surface area contributed by atoms with Crippen molar-refractivity contribution in [1.29, 1.82) is 0 Å². The number of thiazole rings is 1. The molecule has 0 atom stereocenters. The van der Waals surface area contributed by atoms with Crippen LogP contribution in [-0.2, 0) is 0 Å². The Morgan fingerprint density at radius 2 is 1.78 bits per heavy atom. The van der Waals surface area contributed by atoms with Crippen LogP contribution in [0.5, 0.6) is 0 Å². The minimum absolute atomic E-state index is 0.0663. The molecule has 1 heterocycles. The summed E-state index contributed by atoms with van der Waals surface area (Å²) in [6.07, 6.45) is 0. The van der Waals surface area contributed by atoms with Crippen molar-refractivity contribution in [1.82, 2.24) is 4.98 Å². The average Bonchev–Trinajstić information content (AvgIpc) is 2.82. The van der Waals surface area contributed by atoms with Gasteiger partial charge in [-0.05, 0) is 24.3 Å². The van der Waals surface area contributed by atoms with Crippen molar-refractivity contribution in [2.75, 3.05) is 0 Å². The van der Waals surface area contributed by atoms with E-state index in [2.05, 4.69) is 4.98 Å². The molecule has 0 N–H and O–H groups in total. The number of carbonyl (C=O) groups is 1. The number of hydrogen-bond donors (Lipinski definition) is 0. The lowest BCUT2D eigenvalue weighted by molar-refractivity contribution is 0.103. The second kappa shape index (κ2) is 4.31. The lowest BCUT2D eigenvalue weighted by atomic mass is 10.1. The van der Waals surface area contributed by atoms with Gasteiger partial charge in [0.15, 0.2) is 5.01 Å². The smallest absolute Gasteiger partial charge is 0.224 e. The Bertz CT molecular complexity index is 702. The molecule has 0 saturated heterocycles. The molecule has 3 rings (SSSR count). The number of benzene rings is 2. The summed E-state index contributed by atoms with van der Waals surface area (Å²) in [6.45, 7) is 0. The zero-order chi connectivity index (χ0) is 12.5. The molecule has 0 fully saturated rings. The molecule has 2 aromatic carbocycles. The number of para-hydroxylation sites is 1. The van der Waals surface area contributed by atoms with Gasteiger partial charge in [0.25, 0.3) is 0 Å². The molecule has 0 amide bonds. The highest BCUT2D eigenvalue weighted by Gasteiger charge is 2.17. The lowest BCUT2D eigenvalue weighted by Gasteiger charge is -1.97. The molecule has 0 aliphatic carbocycles. The Hall–Kier alpha value is -2.07.